The lowest BCUT2D eigenvalue weighted by Gasteiger charge is -2.30. The summed E-state index contributed by atoms with van der Waals surface area (Å²) in [6.45, 7) is 27.9. The summed E-state index contributed by atoms with van der Waals surface area (Å²) in [4.78, 5) is 5.45. The van der Waals surface area contributed by atoms with Crippen LogP contribution in [0.2, 0.25) is 0 Å². The van der Waals surface area contributed by atoms with Crippen molar-refractivity contribution in [3.05, 3.63) is 93.5 Å². The van der Waals surface area contributed by atoms with Crippen LogP contribution in [-0.2, 0) is 21.7 Å². The molecule has 0 saturated heterocycles. The van der Waals surface area contributed by atoms with Crippen LogP contribution in [0.4, 0.5) is 0 Å². The third kappa shape index (κ3) is 6.09. The minimum Gasteiger partial charge on any atom is -0.454 e. The number of hydrogen-bond acceptors (Lipinski definition) is 4. The molecular weight excluding hydrogens is 516 g/mol. The number of nitrogens with one attached hydrogen (secondary N) is 1. The maximum atomic E-state index is 5.73. The van der Waals surface area contributed by atoms with Crippen LogP contribution >= 0.6 is 0 Å². The summed E-state index contributed by atoms with van der Waals surface area (Å²) >= 11 is 0. The molecule has 2 aliphatic rings. The molecule has 0 unspecified atom stereocenters. The molecule has 1 N–H and O–H groups in total. The Hall–Kier alpha value is -3.27. The fourth-order valence-corrected chi connectivity index (χ4v) is 5.60. The first-order chi connectivity index (χ1) is 19.3. The maximum absolute atomic E-state index is 5.73. The zero-order valence-electron chi connectivity index (χ0n) is 27.8. The molecule has 2 atom stereocenters. The van der Waals surface area contributed by atoms with Gasteiger partial charge in [-0.1, -0.05) is 119 Å². The van der Waals surface area contributed by atoms with Crippen molar-refractivity contribution >= 4 is 5.84 Å². The van der Waals surface area contributed by atoms with Crippen molar-refractivity contribution in [3.63, 3.8) is 0 Å². The highest BCUT2D eigenvalue weighted by Gasteiger charge is 2.35. The van der Waals surface area contributed by atoms with Crippen molar-refractivity contribution in [2.45, 2.75) is 117 Å². The van der Waals surface area contributed by atoms with Crippen molar-refractivity contribution in [2.24, 2.45) is 4.99 Å². The van der Waals surface area contributed by atoms with Gasteiger partial charge in [0.05, 0.1) is 6.04 Å². The summed E-state index contributed by atoms with van der Waals surface area (Å²) in [5.41, 5.74) is 9.00. The fourth-order valence-electron chi connectivity index (χ4n) is 5.60. The fraction of sp³-hybridized carbons (Fsp3) is 0.500. The number of ether oxygens (including phenoxy) is 2. The molecule has 0 bridgehead atoms. The number of benzene rings is 3. The molecule has 0 aliphatic carbocycles. The Morgan fingerprint density at radius 1 is 0.571 bits per heavy atom. The van der Waals surface area contributed by atoms with Gasteiger partial charge in [0.2, 0.25) is 6.79 Å². The Morgan fingerprint density at radius 3 is 1.50 bits per heavy atom. The van der Waals surface area contributed by atoms with Gasteiger partial charge < -0.3 is 14.8 Å². The summed E-state index contributed by atoms with van der Waals surface area (Å²) in [7, 11) is 0. The van der Waals surface area contributed by atoms with E-state index >= 15 is 0 Å². The van der Waals surface area contributed by atoms with Crippen LogP contribution in [0.5, 0.6) is 11.5 Å². The molecule has 0 fully saturated rings. The Morgan fingerprint density at radius 2 is 1.02 bits per heavy atom. The first kappa shape index (κ1) is 30.2. The van der Waals surface area contributed by atoms with E-state index in [1.165, 1.54) is 33.4 Å². The highest BCUT2D eigenvalue weighted by Crippen LogP contribution is 2.43. The molecule has 0 radical (unpaired) electrons. The molecule has 4 heteroatoms. The summed E-state index contributed by atoms with van der Waals surface area (Å²) in [6.07, 6.45) is 0. The average molecular weight is 567 g/mol. The predicted octanol–water partition coefficient (Wildman–Crippen LogP) is 9.44. The van der Waals surface area contributed by atoms with Crippen LogP contribution in [0.3, 0.4) is 0 Å². The molecule has 2 aliphatic heterocycles. The quantitative estimate of drug-likeness (QED) is 0.343. The van der Waals surface area contributed by atoms with Gasteiger partial charge in [0.1, 0.15) is 11.9 Å². The van der Waals surface area contributed by atoms with E-state index in [1.807, 2.05) is 12.1 Å². The van der Waals surface area contributed by atoms with Crippen molar-refractivity contribution in [1.29, 1.82) is 0 Å². The third-order valence-corrected chi connectivity index (χ3v) is 8.60. The summed E-state index contributed by atoms with van der Waals surface area (Å²) in [5.74, 6) is 2.44. The van der Waals surface area contributed by atoms with E-state index < -0.39 is 0 Å². The van der Waals surface area contributed by atoms with Crippen LogP contribution < -0.4 is 14.8 Å². The van der Waals surface area contributed by atoms with Crippen molar-refractivity contribution in [2.75, 3.05) is 6.79 Å². The molecule has 0 amide bonds. The van der Waals surface area contributed by atoms with Crippen molar-refractivity contribution in [3.8, 4) is 11.5 Å². The van der Waals surface area contributed by atoms with E-state index in [0.717, 1.165) is 22.9 Å². The molecule has 4 nitrogen and oxygen atoms in total. The lowest BCUT2D eigenvalue weighted by Crippen LogP contribution is -2.27. The van der Waals surface area contributed by atoms with Gasteiger partial charge in [-0.3, -0.25) is 4.99 Å². The number of nitrogens with zero attached hydrogens (tertiary/aromatic N) is 1. The van der Waals surface area contributed by atoms with Crippen molar-refractivity contribution < 1.29 is 9.47 Å². The normalized spacial score (nSPS) is 19.1. The van der Waals surface area contributed by atoms with Crippen LogP contribution in [-0.4, -0.2) is 12.6 Å². The Labute approximate surface area is 254 Å². The molecule has 3 aromatic carbocycles. The number of aliphatic imine (C=N–C) groups is 1. The molecule has 42 heavy (non-hydrogen) atoms. The van der Waals surface area contributed by atoms with Gasteiger partial charge in [0.25, 0.3) is 0 Å². The van der Waals surface area contributed by atoms with Gasteiger partial charge in [-0.15, -0.1) is 0 Å². The van der Waals surface area contributed by atoms with Crippen LogP contribution in [0.1, 0.15) is 134 Å². The van der Waals surface area contributed by atoms with E-state index in [-0.39, 0.29) is 40.5 Å². The highest BCUT2D eigenvalue weighted by atomic mass is 16.7. The van der Waals surface area contributed by atoms with Gasteiger partial charge in [-0.25, -0.2) is 0 Å². The number of rotatable bonds is 3. The van der Waals surface area contributed by atoms with E-state index in [1.54, 1.807) is 0 Å². The molecule has 5 rings (SSSR count). The summed E-state index contributed by atoms with van der Waals surface area (Å²) in [6, 6.07) is 20.4. The van der Waals surface area contributed by atoms with E-state index in [4.69, 9.17) is 14.5 Å². The largest absolute Gasteiger partial charge is 0.454 e. The summed E-state index contributed by atoms with van der Waals surface area (Å²) in [5, 5.41) is 3.89. The van der Waals surface area contributed by atoms with E-state index in [0.29, 0.717) is 0 Å². The molecule has 3 aromatic rings. The van der Waals surface area contributed by atoms with Gasteiger partial charge in [0.15, 0.2) is 11.5 Å². The first-order valence-electron chi connectivity index (χ1n) is 15.4. The van der Waals surface area contributed by atoms with Gasteiger partial charge in [0, 0.05) is 5.56 Å². The number of fused-ring (bicyclic) bond motifs is 1. The second kappa shape index (κ2) is 10.2. The van der Waals surface area contributed by atoms with Gasteiger partial charge in [-0.2, -0.15) is 0 Å². The zero-order chi connectivity index (χ0) is 30.8. The van der Waals surface area contributed by atoms with E-state index in [9.17, 15) is 0 Å². The summed E-state index contributed by atoms with van der Waals surface area (Å²) < 4.78 is 11.3. The first-order valence-corrected chi connectivity index (χ1v) is 15.4. The minimum atomic E-state index is -0.0862. The smallest absolute Gasteiger partial charge is 0.231 e. The Balaban J connectivity index is 1.71. The number of amidine groups is 1. The molecule has 0 saturated carbocycles. The second-order valence-corrected chi connectivity index (χ2v) is 16.3. The third-order valence-electron chi connectivity index (χ3n) is 8.60. The topological polar surface area (TPSA) is 42.9 Å². The van der Waals surface area contributed by atoms with Crippen LogP contribution in [0, 0.1) is 0 Å². The minimum absolute atomic E-state index is 0.0168. The zero-order valence-corrected chi connectivity index (χ0v) is 27.8. The predicted molar refractivity (Wildman–Crippen MR) is 175 cm³/mol. The average Bonchev–Trinajstić information content (AvgIpc) is 3.53. The maximum Gasteiger partial charge on any atom is 0.231 e. The highest BCUT2D eigenvalue weighted by molar-refractivity contribution is 6.01. The molecule has 224 valence electrons. The van der Waals surface area contributed by atoms with Crippen molar-refractivity contribution in [1.82, 2.24) is 5.32 Å². The molecular formula is C38H50N2O2. The molecule has 0 aromatic heterocycles. The van der Waals surface area contributed by atoms with Crippen LogP contribution in [0.15, 0.2) is 59.6 Å². The second-order valence-electron chi connectivity index (χ2n) is 16.3. The lowest BCUT2D eigenvalue weighted by molar-refractivity contribution is 0.174. The Kier molecular flexibility index (Phi) is 7.32. The standard InChI is InChI=1S/C38H50N2O2/c1-35(2,3)26-15-24(16-27(20-26)36(4,5)6)32-33(25-17-28(37(7,8)9)21-29(18-25)38(10,11)12)40-34(39-32)23-13-14-30-31(19-23)42-22-41-30/h13-21,32-33H,22H2,1-12H3,(H,39,40)/t32-,33-/m1/s1. The monoisotopic (exact) mass is 566 g/mol. The van der Waals surface area contributed by atoms with Gasteiger partial charge >= 0.3 is 0 Å². The molecule has 2 heterocycles. The lowest BCUT2D eigenvalue weighted by atomic mass is 9.76. The number of hydrogen-bond donors (Lipinski definition) is 1. The Bertz CT molecular complexity index is 1460. The van der Waals surface area contributed by atoms with E-state index in [2.05, 4.69) is 131 Å². The molecule has 0 spiro atoms. The van der Waals surface area contributed by atoms with Gasteiger partial charge in [-0.05, 0) is 73.2 Å². The SMILES string of the molecule is CC(C)(C)c1cc([C@H]2N=C(c3ccc4c(c3)OCO4)N[C@@H]2c2cc(C(C)(C)C)cc(C(C)(C)C)c2)cc(C(C)(C)C)c1. The van der Waals surface area contributed by atoms with Crippen LogP contribution in [0.25, 0.3) is 0 Å².